The van der Waals surface area contributed by atoms with Crippen LogP contribution in [0.15, 0.2) is 48.6 Å². The van der Waals surface area contributed by atoms with Gasteiger partial charge in [-0.1, -0.05) is 53.6 Å². The van der Waals surface area contributed by atoms with Gasteiger partial charge in [0.1, 0.15) is 23.1 Å². The number of nitrogens with zero attached hydrogens (tertiary/aromatic N) is 1. The molecule has 1 unspecified atom stereocenters. The normalized spacial score (nSPS) is 27.8. The van der Waals surface area contributed by atoms with Gasteiger partial charge in [-0.2, -0.15) is 18.4 Å². The third-order valence-corrected chi connectivity index (χ3v) is 8.37. The lowest BCUT2D eigenvalue weighted by Gasteiger charge is -2.41. The molecular formula is C28H23Cl2F5N2O4. The van der Waals surface area contributed by atoms with Crippen molar-refractivity contribution in [2.24, 2.45) is 5.41 Å². The van der Waals surface area contributed by atoms with E-state index in [1.165, 1.54) is 24.3 Å². The van der Waals surface area contributed by atoms with E-state index >= 15 is 8.78 Å². The van der Waals surface area contributed by atoms with Gasteiger partial charge in [-0.05, 0) is 54.9 Å². The van der Waals surface area contributed by atoms with Crippen molar-refractivity contribution >= 4 is 35.1 Å². The molecule has 0 aromatic heterocycles. The molecule has 13 heteroatoms. The Kier molecular flexibility index (Phi) is 8.81. The predicted octanol–water partition coefficient (Wildman–Crippen LogP) is 5.90. The zero-order chi connectivity index (χ0) is 30.2. The van der Waals surface area contributed by atoms with Gasteiger partial charge in [0.25, 0.3) is 0 Å². The van der Waals surface area contributed by atoms with Crippen LogP contribution in [0.25, 0.3) is 0 Å². The maximum absolute atomic E-state index is 15.7. The molecule has 1 aliphatic heterocycles. The van der Waals surface area contributed by atoms with E-state index in [-0.39, 0.29) is 23.6 Å². The van der Waals surface area contributed by atoms with Crippen LogP contribution in [0, 0.1) is 28.4 Å². The van der Waals surface area contributed by atoms with Gasteiger partial charge in [-0.15, -0.1) is 0 Å². The van der Waals surface area contributed by atoms with Gasteiger partial charge in [0.15, 0.2) is 0 Å². The Labute approximate surface area is 241 Å². The summed E-state index contributed by atoms with van der Waals surface area (Å²) >= 11 is 12.0. The fraction of sp³-hybridized carbons (Fsp3) is 0.393. The summed E-state index contributed by atoms with van der Waals surface area (Å²) in [6, 6.07) is 5.80. The van der Waals surface area contributed by atoms with Crippen LogP contribution in [0.4, 0.5) is 22.0 Å². The molecule has 4 rings (SSSR count). The molecule has 1 fully saturated rings. The van der Waals surface area contributed by atoms with Crippen molar-refractivity contribution in [3.05, 3.63) is 81.4 Å². The second-order valence-electron chi connectivity index (χ2n) is 10.2. The van der Waals surface area contributed by atoms with Gasteiger partial charge >= 0.3 is 18.1 Å². The van der Waals surface area contributed by atoms with E-state index in [0.717, 1.165) is 12.1 Å². The van der Waals surface area contributed by atoms with E-state index in [4.69, 9.17) is 23.2 Å². The van der Waals surface area contributed by atoms with Crippen LogP contribution in [0.5, 0.6) is 0 Å². The minimum atomic E-state index is -5.53. The van der Waals surface area contributed by atoms with Crippen LogP contribution < -0.4 is 5.32 Å². The van der Waals surface area contributed by atoms with E-state index in [2.05, 4.69) is 10.1 Å². The van der Waals surface area contributed by atoms with Crippen molar-refractivity contribution < 1.29 is 41.4 Å². The lowest BCUT2D eigenvalue weighted by Crippen LogP contribution is -2.47. The molecular weight excluding hydrogens is 594 g/mol. The molecule has 1 saturated heterocycles. The monoisotopic (exact) mass is 616 g/mol. The Morgan fingerprint density at radius 1 is 1.17 bits per heavy atom. The fourth-order valence-electron chi connectivity index (χ4n) is 5.90. The number of carbonyl (C=O) groups excluding carboxylic acids is 2. The zero-order valence-corrected chi connectivity index (χ0v) is 22.7. The maximum Gasteiger partial charge on any atom is 0.491 e. The number of aliphatic hydroxyl groups is 1. The first-order chi connectivity index (χ1) is 19.3. The van der Waals surface area contributed by atoms with E-state index < -0.39 is 69.2 Å². The van der Waals surface area contributed by atoms with Gasteiger partial charge in [0.05, 0.1) is 11.1 Å². The van der Waals surface area contributed by atoms with Crippen LogP contribution in [0.2, 0.25) is 10.0 Å². The Bertz CT molecular complexity index is 1430. The largest absolute Gasteiger partial charge is 0.491 e. The number of hydrogen-bond donors (Lipinski definition) is 2. The molecule has 2 aromatic carbocycles. The molecule has 0 radical (unpaired) electrons. The van der Waals surface area contributed by atoms with E-state index in [1.54, 1.807) is 0 Å². The smallest absolute Gasteiger partial charge is 0.396 e. The first kappa shape index (κ1) is 30.9. The van der Waals surface area contributed by atoms with Gasteiger partial charge in [0.2, 0.25) is 0 Å². The molecule has 6 nitrogen and oxygen atoms in total. The summed E-state index contributed by atoms with van der Waals surface area (Å²) in [5.41, 5.74) is -3.79. The standard InChI is InChI=1S/C28H23Cl2F5N2O4/c29-15-7-8-17(19(31)11-15)27(13-36)20(12-26(14-38)9-2-1-3-10-26)37-23(24(39)41-25(40)28(33,34)35)21(27)16-5-4-6-18(30)22(16)32/h1-2,4-8,11,20-21,23,37-38H,3,9-10,12,14H2/t20-,21-,23+,26?,27-/m0/s1. The molecule has 5 atom stereocenters. The minimum Gasteiger partial charge on any atom is -0.396 e. The molecule has 41 heavy (non-hydrogen) atoms. The summed E-state index contributed by atoms with van der Waals surface area (Å²) in [4.78, 5) is 24.8. The van der Waals surface area contributed by atoms with E-state index in [9.17, 15) is 33.1 Å². The van der Waals surface area contributed by atoms with Crippen LogP contribution >= 0.6 is 23.2 Å². The zero-order valence-electron chi connectivity index (χ0n) is 21.2. The van der Waals surface area contributed by atoms with Crippen molar-refractivity contribution in [1.29, 1.82) is 5.26 Å². The highest BCUT2D eigenvalue weighted by atomic mass is 35.5. The molecule has 218 valence electrons. The number of alkyl halides is 3. The summed E-state index contributed by atoms with van der Waals surface area (Å²) in [6.07, 6.45) is -0.592. The topological polar surface area (TPSA) is 99.4 Å². The summed E-state index contributed by atoms with van der Waals surface area (Å²) in [6.45, 7) is -0.377. The highest BCUT2D eigenvalue weighted by Crippen LogP contribution is 2.54. The van der Waals surface area contributed by atoms with Crippen LogP contribution in [0.1, 0.15) is 42.7 Å². The number of esters is 2. The molecule has 0 saturated carbocycles. The number of ether oxygens (including phenoxy) is 1. The molecule has 1 heterocycles. The summed E-state index contributed by atoms with van der Waals surface area (Å²) in [5, 5.41) is 23.5. The number of aliphatic hydroxyl groups excluding tert-OH is 1. The van der Waals surface area contributed by atoms with Crippen molar-refractivity contribution in [3.63, 3.8) is 0 Å². The van der Waals surface area contributed by atoms with Crippen molar-refractivity contribution in [1.82, 2.24) is 5.32 Å². The van der Waals surface area contributed by atoms with Crippen molar-refractivity contribution in [2.75, 3.05) is 6.61 Å². The number of allylic oxidation sites excluding steroid dienone is 2. The molecule has 0 spiro atoms. The number of benzene rings is 2. The van der Waals surface area contributed by atoms with E-state index in [1.807, 2.05) is 18.2 Å². The van der Waals surface area contributed by atoms with Gasteiger partial charge in [0, 0.05) is 29.2 Å². The van der Waals surface area contributed by atoms with E-state index in [0.29, 0.717) is 19.3 Å². The Morgan fingerprint density at radius 2 is 1.90 bits per heavy atom. The number of hydrogen-bond acceptors (Lipinski definition) is 6. The number of carbonyl (C=O) groups is 2. The van der Waals surface area contributed by atoms with Crippen molar-refractivity contribution in [3.8, 4) is 6.07 Å². The molecule has 2 aromatic rings. The first-order valence-corrected chi connectivity index (χ1v) is 13.2. The van der Waals surface area contributed by atoms with Crippen LogP contribution in [-0.2, 0) is 19.7 Å². The average molecular weight is 617 g/mol. The SMILES string of the molecule is N#C[C@]1(c2ccc(Cl)cc2F)[C@H](CC2(CO)CC=CCC2)N[C@@H](C(=O)OC(=O)C(F)(F)F)[C@@H]1c1cccc(Cl)c1F. The first-order valence-electron chi connectivity index (χ1n) is 12.4. The average Bonchev–Trinajstić information content (AvgIpc) is 3.24. The predicted molar refractivity (Wildman–Crippen MR) is 138 cm³/mol. The maximum atomic E-state index is 15.7. The number of nitrogens with one attached hydrogen (secondary N) is 1. The van der Waals surface area contributed by atoms with Gasteiger partial charge in [-0.25, -0.2) is 18.4 Å². The Balaban J connectivity index is 1.98. The second kappa shape index (κ2) is 11.7. The van der Waals surface area contributed by atoms with Crippen LogP contribution in [-0.4, -0.2) is 41.9 Å². The highest BCUT2D eigenvalue weighted by Gasteiger charge is 2.63. The van der Waals surface area contributed by atoms with Crippen molar-refractivity contribution in [2.45, 2.75) is 55.3 Å². The quantitative estimate of drug-likeness (QED) is 0.181. The highest BCUT2D eigenvalue weighted by molar-refractivity contribution is 6.31. The molecule has 2 N–H and O–H groups in total. The number of halogens is 7. The minimum absolute atomic E-state index is 0.0386. The molecule has 1 aliphatic carbocycles. The number of nitriles is 1. The Hall–Kier alpha value is -3.04. The molecule has 2 aliphatic rings. The third-order valence-electron chi connectivity index (χ3n) is 7.84. The Morgan fingerprint density at radius 3 is 2.49 bits per heavy atom. The summed E-state index contributed by atoms with van der Waals surface area (Å²) in [5.74, 6) is -8.42. The summed E-state index contributed by atoms with van der Waals surface area (Å²) < 4.78 is 74.4. The fourth-order valence-corrected chi connectivity index (χ4v) is 6.24. The lowest BCUT2D eigenvalue weighted by atomic mass is 9.61. The van der Waals surface area contributed by atoms with Crippen LogP contribution in [0.3, 0.4) is 0 Å². The second-order valence-corrected chi connectivity index (χ2v) is 11.0. The molecule has 0 bridgehead atoms. The van der Waals surface area contributed by atoms with Gasteiger partial charge < -0.3 is 9.84 Å². The third kappa shape index (κ3) is 5.71. The lowest BCUT2D eigenvalue weighted by molar-refractivity contribution is -0.202. The summed E-state index contributed by atoms with van der Waals surface area (Å²) in [7, 11) is 0. The van der Waals surface area contributed by atoms with Gasteiger partial charge in [-0.3, -0.25) is 5.32 Å². The number of rotatable bonds is 6. The molecule has 0 amide bonds.